The molecule has 154 valence electrons. The third-order valence-corrected chi connectivity index (χ3v) is 4.56. The molecule has 0 saturated carbocycles. The number of rotatable bonds is 4. The van der Waals surface area contributed by atoms with Gasteiger partial charge in [-0.2, -0.15) is 0 Å². The molecule has 2 N–H and O–H groups in total. The van der Waals surface area contributed by atoms with Gasteiger partial charge in [-0.3, -0.25) is 9.78 Å². The minimum Gasteiger partial charge on any atom is -0.494 e. The highest BCUT2D eigenvalue weighted by Crippen LogP contribution is 2.29. The van der Waals surface area contributed by atoms with Crippen LogP contribution < -0.4 is 15.0 Å². The van der Waals surface area contributed by atoms with Crippen molar-refractivity contribution in [2.75, 3.05) is 38.2 Å². The van der Waals surface area contributed by atoms with Gasteiger partial charge in [0.1, 0.15) is 11.6 Å². The van der Waals surface area contributed by atoms with Gasteiger partial charge in [-0.1, -0.05) is 13.8 Å². The van der Waals surface area contributed by atoms with Crippen LogP contribution in [-0.2, 0) is 4.79 Å². The molecule has 4 heterocycles. The monoisotopic (exact) mass is 398 g/mol. The molecule has 0 amide bonds. The molecule has 9 nitrogen and oxygen atoms in total. The molecule has 0 aromatic carbocycles. The lowest BCUT2D eigenvalue weighted by Gasteiger charge is -2.28. The van der Waals surface area contributed by atoms with Crippen LogP contribution in [0, 0.1) is 5.92 Å². The van der Waals surface area contributed by atoms with Gasteiger partial charge in [-0.15, -0.1) is 5.10 Å². The van der Waals surface area contributed by atoms with Crippen LogP contribution in [0.2, 0.25) is 0 Å². The second-order valence-electron chi connectivity index (χ2n) is 6.91. The Labute approximate surface area is 169 Å². The summed E-state index contributed by atoms with van der Waals surface area (Å²) in [4.78, 5) is 20.5. The summed E-state index contributed by atoms with van der Waals surface area (Å²) in [5.74, 6) is 0.704. The third kappa shape index (κ3) is 4.80. The number of carbonyl (C=O) groups is 1. The molecule has 0 aliphatic carbocycles. The first-order chi connectivity index (χ1) is 14.0. The lowest BCUT2D eigenvalue weighted by atomic mass is 10.2. The normalized spacial score (nSPS) is 13.9. The van der Waals surface area contributed by atoms with Gasteiger partial charge in [0.25, 0.3) is 0 Å². The number of nitrogens with one attached hydrogen (secondary N) is 1. The molecule has 1 fully saturated rings. The van der Waals surface area contributed by atoms with Crippen molar-refractivity contribution in [2.24, 2.45) is 5.92 Å². The number of carboxylic acids is 1. The van der Waals surface area contributed by atoms with E-state index in [4.69, 9.17) is 14.9 Å². The number of aliphatic carboxylic acids is 1. The zero-order valence-corrected chi connectivity index (χ0v) is 16.9. The first-order valence-corrected chi connectivity index (χ1v) is 9.53. The number of pyridine rings is 1. The van der Waals surface area contributed by atoms with E-state index in [1.54, 1.807) is 33.4 Å². The highest BCUT2D eigenvalue weighted by molar-refractivity contribution is 5.69. The summed E-state index contributed by atoms with van der Waals surface area (Å²) in [6.07, 6.45) is 5.27. The average Bonchev–Trinajstić information content (AvgIpc) is 3.17. The van der Waals surface area contributed by atoms with Crippen LogP contribution >= 0.6 is 0 Å². The van der Waals surface area contributed by atoms with E-state index in [9.17, 15) is 4.79 Å². The van der Waals surface area contributed by atoms with Crippen molar-refractivity contribution in [1.29, 1.82) is 0 Å². The Hall–Kier alpha value is -3.20. The summed E-state index contributed by atoms with van der Waals surface area (Å²) in [6, 6.07) is 5.95. The van der Waals surface area contributed by atoms with E-state index in [1.807, 2.05) is 28.9 Å². The molecule has 4 rings (SSSR count). The van der Waals surface area contributed by atoms with E-state index < -0.39 is 5.97 Å². The number of fused-ring (bicyclic) bond motifs is 1. The first kappa shape index (κ1) is 20.5. The second-order valence-corrected chi connectivity index (χ2v) is 6.91. The summed E-state index contributed by atoms with van der Waals surface area (Å²) < 4.78 is 7.28. The van der Waals surface area contributed by atoms with Crippen molar-refractivity contribution in [3.05, 3.63) is 36.8 Å². The number of nitrogens with zero attached hydrogens (tertiary/aromatic N) is 5. The van der Waals surface area contributed by atoms with Crippen LogP contribution in [-0.4, -0.2) is 63.9 Å². The van der Waals surface area contributed by atoms with Crippen molar-refractivity contribution < 1.29 is 14.6 Å². The Morgan fingerprint density at radius 1 is 1.21 bits per heavy atom. The van der Waals surface area contributed by atoms with Gasteiger partial charge in [-0.05, 0) is 18.2 Å². The largest absolute Gasteiger partial charge is 0.494 e. The summed E-state index contributed by atoms with van der Waals surface area (Å²) in [5, 5.41) is 16.1. The number of anilines is 1. The number of hydrogen-bond acceptors (Lipinski definition) is 7. The maximum atomic E-state index is 9.70. The summed E-state index contributed by atoms with van der Waals surface area (Å²) in [6.45, 7) is 7.16. The predicted octanol–water partition coefficient (Wildman–Crippen LogP) is 1.94. The molecular weight excluding hydrogens is 372 g/mol. The van der Waals surface area contributed by atoms with Crippen molar-refractivity contribution in [2.45, 2.75) is 13.8 Å². The van der Waals surface area contributed by atoms with Gasteiger partial charge < -0.3 is 20.1 Å². The van der Waals surface area contributed by atoms with Gasteiger partial charge in [0.2, 0.25) is 0 Å². The van der Waals surface area contributed by atoms with Crippen LogP contribution in [0.3, 0.4) is 0 Å². The third-order valence-electron chi connectivity index (χ3n) is 4.56. The Bertz CT molecular complexity index is 966. The molecule has 0 spiro atoms. The minimum atomic E-state index is -0.741. The number of methoxy groups -OCH3 is 1. The van der Waals surface area contributed by atoms with Gasteiger partial charge in [0.15, 0.2) is 5.65 Å². The molecule has 1 aliphatic rings. The Kier molecular flexibility index (Phi) is 6.61. The Balaban J connectivity index is 0.000000353. The topological polar surface area (TPSA) is 105 Å². The lowest BCUT2D eigenvalue weighted by Crippen LogP contribution is -2.44. The second kappa shape index (κ2) is 9.33. The minimum absolute atomic E-state index is 0.231. The molecule has 0 bridgehead atoms. The zero-order chi connectivity index (χ0) is 20.8. The van der Waals surface area contributed by atoms with Crippen LogP contribution in [0.25, 0.3) is 16.9 Å². The lowest BCUT2D eigenvalue weighted by molar-refractivity contribution is -0.140. The average molecular weight is 398 g/mol. The SMILES string of the molecule is CC(C)C(=O)O.COc1cnccc1-c1cnc2ccc(N3CCNCC3)nn12. The molecule has 0 radical (unpaired) electrons. The zero-order valence-electron chi connectivity index (χ0n) is 16.9. The van der Waals surface area contributed by atoms with Gasteiger partial charge >= 0.3 is 5.97 Å². The maximum absolute atomic E-state index is 9.70. The van der Waals surface area contributed by atoms with Crippen molar-refractivity contribution in [1.82, 2.24) is 24.9 Å². The molecular formula is C20H26N6O3. The molecule has 0 atom stereocenters. The van der Waals surface area contributed by atoms with E-state index >= 15 is 0 Å². The molecule has 0 unspecified atom stereocenters. The van der Waals surface area contributed by atoms with Crippen LogP contribution in [0.15, 0.2) is 36.8 Å². The molecule has 1 saturated heterocycles. The van der Waals surface area contributed by atoms with Gasteiger partial charge in [0, 0.05) is 37.9 Å². The number of ether oxygens (including phenoxy) is 1. The van der Waals surface area contributed by atoms with Crippen LogP contribution in [0.4, 0.5) is 5.82 Å². The van der Waals surface area contributed by atoms with Crippen molar-refractivity contribution in [3.8, 4) is 17.0 Å². The number of carboxylic acid groups (broad SMARTS) is 1. The number of hydrogen-bond donors (Lipinski definition) is 2. The highest BCUT2D eigenvalue weighted by Gasteiger charge is 2.16. The summed E-state index contributed by atoms with van der Waals surface area (Å²) in [5.41, 5.74) is 2.65. The number of piperazine rings is 1. The van der Waals surface area contributed by atoms with E-state index in [0.29, 0.717) is 5.75 Å². The first-order valence-electron chi connectivity index (χ1n) is 9.53. The van der Waals surface area contributed by atoms with E-state index in [1.165, 1.54) is 0 Å². The Morgan fingerprint density at radius 2 is 1.93 bits per heavy atom. The summed E-state index contributed by atoms with van der Waals surface area (Å²) >= 11 is 0. The van der Waals surface area contributed by atoms with E-state index in [0.717, 1.165) is 48.9 Å². The van der Waals surface area contributed by atoms with Crippen LogP contribution in [0.1, 0.15) is 13.8 Å². The standard InChI is InChI=1S/C16H18N6O.C4H8O2/c1-23-14-11-18-5-4-12(14)13-10-19-15-2-3-16(20-22(13)15)21-8-6-17-7-9-21;1-3(2)4(5)6/h2-5,10-11,17H,6-9H2,1H3;3H,1-2H3,(H,5,6). The molecule has 9 heteroatoms. The van der Waals surface area contributed by atoms with E-state index in [2.05, 4.69) is 20.2 Å². The summed E-state index contributed by atoms with van der Waals surface area (Å²) in [7, 11) is 1.64. The number of aromatic nitrogens is 4. The van der Waals surface area contributed by atoms with Crippen molar-refractivity contribution in [3.63, 3.8) is 0 Å². The molecule has 3 aromatic rings. The fraction of sp³-hybridized carbons (Fsp3) is 0.400. The van der Waals surface area contributed by atoms with Gasteiger partial charge in [-0.25, -0.2) is 9.50 Å². The quantitative estimate of drug-likeness (QED) is 0.687. The maximum Gasteiger partial charge on any atom is 0.305 e. The molecule has 3 aromatic heterocycles. The van der Waals surface area contributed by atoms with Gasteiger partial charge in [0.05, 0.1) is 31.1 Å². The van der Waals surface area contributed by atoms with E-state index in [-0.39, 0.29) is 5.92 Å². The van der Waals surface area contributed by atoms with Crippen molar-refractivity contribution >= 4 is 17.4 Å². The fourth-order valence-corrected chi connectivity index (χ4v) is 2.86. The number of imidazole rings is 1. The Morgan fingerprint density at radius 3 is 2.59 bits per heavy atom. The molecule has 1 aliphatic heterocycles. The highest BCUT2D eigenvalue weighted by atomic mass is 16.5. The molecule has 29 heavy (non-hydrogen) atoms. The smallest absolute Gasteiger partial charge is 0.305 e. The van der Waals surface area contributed by atoms with Crippen LogP contribution in [0.5, 0.6) is 5.75 Å². The predicted molar refractivity (Wildman–Crippen MR) is 110 cm³/mol. The fourth-order valence-electron chi connectivity index (χ4n) is 2.86.